The number of carbonyl (C=O) groups excluding carboxylic acids is 1. The first-order valence-corrected chi connectivity index (χ1v) is 7.55. The molecule has 0 aliphatic carbocycles. The molecule has 0 aromatic heterocycles. The minimum atomic E-state index is -0.525. The van der Waals surface area contributed by atoms with Gasteiger partial charge >= 0.3 is 0 Å². The van der Waals surface area contributed by atoms with Crippen LogP contribution in [0.15, 0.2) is 24.3 Å². The summed E-state index contributed by atoms with van der Waals surface area (Å²) in [5.74, 6) is 0.645. The zero-order valence-electron chi connectivity index (χ0n) is 12.2. The Hall–Kier alpha value is -1.59. The van der Waals surface area contributed by atoms with E-state index in [4.69, 9.17) is 14.3 Å². The van der Waals surface area contributed by atoms with Gasteiger partial charge < -0.3 is 9.47 Å². The molecule has 0 saturated carbocycles. The SMILES string of the molecule is C[C@@H]1Cc2ccccc2O[C@@H]1C(=O)NO[C@@H]1CCCCO1. The standard InChI is InChI=1S/C16H21NO4/c1-11-10-12-6-2-3-7-13(12)20-15(11)16(18)17-21-14-8-4-5-9-19-14/h2-3,6-7,11,14-15H,4-5,8-10H2,1H3,(H,17,18)/t11-,14-,15+/m1/s1. The third kappa shape index (κ3) is 3.36. The van der Waals surface area contributed by atoms with Gasteiger partial charge in [0.25, 0.3) is 5.91 Å². The molecule has 5 nitrogen and oxygen atoms in total. The van der Waals surface area contributed by atoms with Crippen LogP contribution in [0.4, 0.5) is 0 Å². The number of nitrogens with one attached hydrogen (secondary N) is 1. The monoisotopic (exact) mass is 291 g/mol. The third-order valence-corrected chi connectivity index (χ3v) is 3.97. The van der Waals surface area contributed by atoms with Gasteiger partial charge in [-0.05, 0) is 30.9 Å². The fourth-order valence-electron chi connectivity index (χ4n) is 2.79. The molecule has 2 heterocycles. The fraction of sp³-hybridized carbons (Fsp3) is 0.562. The summed E-state index contributed by atoms with van der Waals surface area (Å²) in [5, 5.41) is 0. The quantitative estimate of drug-likeness (QED) is 0.867. The Labute approximate surface area is 124 Å². The third-order valence-electron chi connectivity index (χ3n) is 3.97. The number of hydrogen-bond acceptors (Lipinski definition) is 4. The van der Waals surface area contributed by atoms with E-state index in [0.717, 1.165) is 37.0 Å². The summed E-state index contributed by atoms with van der Waals surface area (Å²) in [6.07, 6.45) is 2.88. The molecule has 1 aromatic carbocycles. The van der Waals surface area contributed by atoms with Crippen LogP contribution in [-0.4, -0.2) is 24.9 Å². The van der Waals surface area contributed by atoms with E-state index in [0.29, 0.717) is 6.61 Å². The molecule has 1 fully saturated rings. The summed E-state index contributed by atoms with van der Waals surface area (Å²) in [6, 6.07) is 7.83. The number of rotatable bonds is 3. The maximum absolute atomic E-state index is 12.2. The Balaban J connectivity index is 1.57. The number of hydroxylamine groups is 1. The number of carbonyl (C=O) groups is 1. The molecule has 5 heteroatoms. The Morgan fingerprint density at radius 3 is 3.00 bits per heavy atom. The molecular formula is C16H21NO4. The predicted octanol–water partition coefficient (Wildman–Crippen LogP) is 2.20. The highest BCUT2D eigenvalue weighted by molar-refractivity contribution is 5.80. The molecule has 1 saturated heterocycles. The molecule has 3 atom stereocenters. The number of fused-ring (bicyclic) bond motifs is 1. The van der Waals surface area contributed by atoms with Crippen molar-refractivity contribution in [2.24, 2.45) is 5.92 Å². The molecule has 1 N–H and O–H groups in total. The molecule has 0 radical (unpaired) electrons. The van der Waals surface area contributed by atoms with Crippen molar-refractivity contribution in [2.75, 3.05) is 6.61 Å². The molecule has 0 spiro atoms. The average molecular weight is 291 g/mol. The molecule has 0 bridgehead atoms. The average Bonchev–Trinajstić information content (AvgIpc) is 2.53. The summed E-state index contributed by atoms with van der Waals surface area (Å²) < 4.78 is 11.2. The number of ether oxygens (including phenoxy) is 2. The van der Waals surface area contributed by atoms with E-state index in [1.807, 2.05) is 31.2 Å². The predicted molar refractivity (Wildman–Crippen MR) is 76.5 cm³/mol. The molecule has 21 heavy (non-hydrogen) atoms. The lowest BCUT2D eigenvalue weighted by atomic mass is 9.92. The van der Waals surface area contributed by atoms with Gasteiger partial charge in [-0.2, -0.15) is 0 Å². The minimum absolute atomic E-state index is 0.107. The van der Waals surface area contributed by atoms with Gasteiger partial charge in [0.2, 0.25) is 0 Å². The second kappa shape index (κ2) is 6.45. The molecule has 3 rings (SSSR count). The Morgan fingerprint density at radius 1 is 1.33 bits per heavy atom. The maximum atomic E-state index is 12.2. The summed E-state index contributed by atoms with van der Waals surface area (Å²) in [5.41, 5.74) is 3.64. The van der Waals surface area contributed by atoms with Gasteiger partial charge in [0.1, 0.15) is 5.75 Å². The molecular weight excluding hydrogens is 270 g/mol. The van der Waals surface area contributed by atoms with Gasteiger partial charge in [-0.1, -0.05) is 25.1 Å². The van der Waals surface area contributed by atoms with Gasteiger partial charge in [-0.3, -0.25) is 4.79 Å². The lowest BCUT2D eigenvalue weighted by Crippen LogP contribution is -2.46. The maximum Gasteiger partial charge on any atom is 0.284 e. The highest BCUT2D eigenvalue weighted by Crippen LogP contribution is 2.30. The largest absolute Gasteiger partial charge is 0.480 e. The normalized spacial score (nSPS) is 28.3. The van der Waals surface area contributed by atoms with Crippen molar-refractivity contribution in [3.63, 3.8) is 0 Å². The number of para-hydroxylation sites is 1. The van der Waals surface area contributed by atoms with Crippen LogP contribution in [0.5, 0.6) is 5.75 Å². The zero-order chi connectivity index (χ0) is 14.7. The molecule has 2 aliphatic heterocycles. The van der Waals surface area contributed by atoms with Gasteiger partial charge in [-0.25, -0.2) is 10.3 Å². The topological polar surface area (TPSA) is 56.8 Å². The Bertz CT molecular complexity index is 499. The van der Waals surface area contributed by atoms with E-state index in [-0.39, 0.29) is 18.1 Å². The highest BCUT2D eigenvalue weighted by Gasteiger charge is 2.33. The van der Waals surface area contributed by atoms with Crippen molar-refractivity contribution < 1.29 is 19.1 Å². The van der Waals surface area contributed by atoms with Crippen LogP contribution >= 0.6 is 0 Å². The van der Waals surface area contributed by atoms with E-state index in [1.165, 1.54) is 0 Å². The van der Waals surface area contributed by atoms with Crippen LogP contribution in [0.1, 0.15) is 31.7 Å². The second-order valence-electron chi connectivity index (χ2n) is 5.71. The summed E-state index contributed by atoms with van der Waals surface area (Å²) in [6.45, 7) is 2.70. The van der Waals surface area contributed by atoms with E-state index < -0.39 is 6.10 Å². The second-order valence-corrected chi connectivity index (χ2v) is 5.71. The molecule has 114 valence electrons. The Kier molecular flexibility index (Phi) is 4.41. The summed E-state index contributed by atoms with van der Waals surface area (Å²) in [7, 11) is 0. The van der Waals surface area contributed by atoms with Crippen LogP contribution in [0.2, 0.25) is 0 Å². The van der Waals surface area contributed by atoms with Gasteiger partial charge in [0.15, 0.2) is 12.4 Å². The highest BCUT2D eigenvalue weighted by atomic mass is 16.8. The van der Waals surface area contributed by atoms with E-state index in [2.05, 4.69) is 5.48 Å². The summed E-state index contributed by atoms with van der Waals surface area (Å²) >= 11 is 0. The van der Waals surface area contributed by atoms with Crippen molar-refractivity contribution in [3.05, 3.63) is 29.8 Å². The van der Waals surface area contributed by atoms with Crippen molar-refractivity contribution >= 4 is 5.91 Å². The van der Waals surface area contributed by atoms with Crippen LogP contribution < -0.4 is 10.2 Å². The van der Waals surface area contributed by atoms with E-state index in [1.54, 1.807) is 0 Å². The van der Waals surface area contributed by atoms with Crippen molar-refractivity contribution in [3.8, 4) is 5.75 Å². The van der Waals surface area contributed by atoms with Gasteiger partial charge in [-0.15, -0.1) is 0 Å². The molecule has 1 amide bonds. The van der Waals surface area contributed by atoms with Gasteiger partial charge in [0, 0.05) is 18.9 Å². The first-order valence-electron chi connectivity index (χ1n) is 7.55. The number of hydrogen-bond donors (Lipinski definition) is 1. The van der Waals surface area contributed by atoms with Crippen molar-refractivity contribution in [2.45, 2.75) is 45.0 Å². The van der Waals surface area contributed by atoms with Crippen LogP contribution in [0.25, 0.3) is 0 Å². The molecule has 0 unspecified atom stereocenters. The van der Waals surface area contributed by atoms with E-state index in [9.17, 15) is 4.79 Å². The van der Waals surface area contributed by atoms with Crippen molar-refractivity contribution in [1.82, 2.24) is 5.48 Å². The zero-order valence-corrected chi connectivity index (χ0v) is 12.2. The summed E-state index contributed by atoms with van der Waals surface area (Å²) in [4.78, 5) is 17.6. The molecule has 1 aromatic rings. The molecule has 2 aliphatic rings. The van der Waals surface area contributed by atoms with Crippen LogP contribution in [0.3, 0.4) is 0 Å². The smallest absolute Gasteiger partial charge is 0.284 e. The fourth-order valence-corrected chi connectivity index (χ4v) is 2.79. The van der Waals surface area contributed by atoms with E-state index >= 15 is 0 Å². The first-order chi connectivity index (χ1) is 10.2. The lowest BCUT2D eigenvalue weighted by Gasteiger charge is -2.31. The van der Waals surface area contributed by atoms with Crippen LogP contribution in [-0.2, 0) is 20.8 Å². The van der Waals surface area contributed by atoms with Gasteiger partial charge in [0.05, 0.1) is 0 Å². The first kappa shape index (κ1) is 14.4. The number of amides is 1. The minimum Gasteiger partial charge on any atom is -0.480 e. The van der Waals surface area contributed by atoms with Crippen LogP contribution in [0, 0.1) is 5.92 Å². The van der Waals surface area contributed by atoms with Crippen molar-refractivity contribution in [1.29, 1.82) is 0 Å². The Morgan fingerprint density at radius 2 is 2.19 bits per heavy atom. The lowest BCUT2D eigenvalue weighted by molar-refractivity contribution is -0.204. The number of benzene rings is 1.